The van der Waals surface area contributed by atoms with E-state index < -0.39 is 11.7 Å². The first-order valence-corrected chi connectivity index (χ1v) is 8.76. The summed E-state index contributed by atoms with van der Waals surface area (Å²) in [6, 6.07) is 15.2. The molecule has 2 rings (SSSR count). The first kappa shape index (κ1) is 21.0. The van der Waals surface area contributed by atoms with Gasteiger partial charge in [0.15, 0.2) is 0 Å². The van der Waals surface area contributed by atoms with E-state index in [0.29, 0.717) is 13.0 Å². The molecule has 0 radical (unpaired) electrons. The number of benzene rings is 2. The lowest BCUT2D eigenvalue weighted by molar-refractivity contribution is -0.141. The molecular weight excluding hydrogens is 355 g/mol. The van der Waals surface area contributed by atoms with Crippen molar-refractivity contribution in [3.05, 3.63) is 71.3 Å². The van der Waals surface area contributed by atoms with Gasteiger partial charge in [0.2, 0.25) is 0 Å². The van der Waals surface area contributed by atoms with Crippen molar-refractivity contribution in [3.8, 4) is 0 Å². The zero-order valence-corrected chi connectivity index (χ0v) is 15.5. The Labute approximate surface area is 157 Å². The van der Waals surface area contributed by atoms with Crippen molar-refractivity contribution < 1.29 is 22.7 Å². The second-order valence-electron chi connectivity index (χ2n) is 6.61. The molecule has 0 amide bonds. The van der Waals surface area contributed by atoms with E-state index in [-0.39, 0.29) is 18.4 Å². The van der Waals surface area contributed by atoms with Gasteiger partial charge in [-0.1, -0.05) is 42.5 Å². The first-order valence-electron chi connectivity index (χ1n) is 8.76. The van der Waals surface area contributed by atoms with E-state index in [1.165, 1.54) is 19.2 Å². The van der Waals surface area contributed by atoms with Gasteiger partial charge in [0.05, 0.1) is 19.2 Å². The molecule has 27 heavy (non-hydrogen) atoms. The number of esters is 1. The van der Waals surface area contributed by atoms with Crippen molar-refractivity contribution in [1.29, 1.82) is 0 Å². The van der Waals surface area contributed by atoms with Crippen LogP contribution >= 0.6 is 0 Å². The Kier molecular flexibility index (Phi) is 7.42. The van der Waals surface area contributed by atoms with Gasteiger partial charge in [0.25, 0.3) is 0 Å². The average molecular weight is 379 g/mol. The van der Waals surface area contributed by atoms with Gasteiger partial charge in [0.1, 0.15) is 0 Å². The minimum Gasteiger partial charge on any atom is -0.468 e. The number of carbonyl (C=O) groups is 1. The molecule has 0 aliphatic carbocycles. The SMILES string of the molecule is COC(=O)CN(C)CCC(Cc1ccc(C(F)(F)F)cc1)c1ccccc1. The lowest BCUT2D eigenvalue weighted by atomic mass is 9.89. The largest absolute Gasteiger partial charge is 0.468 e. The van der Waals surface area contributed by atoms with E-state index in [1.54, 1.807) is 0 Å². The fraction of sp³-hybridized carbons (Fsp3) is 0.381. The van der Waals surface area contributed by atoms with Gasteiger partial charge >= 0.3 is 12.1 Å². The van der Waals surface area contributed by atoms with Crippen molar-refractivity contribution in [2.24, 2.45) is 0 Å². The molecule has 0 saturated carbocycles. The smallest absolute Gasteiger partial charge is 0.416 e. The van der Waals surface area contributed by atoms with Crippen LogP contribution in [-0.4, -0.2) is 38.1 Å². The minimum atomic E-state index is -4.33. The van der Waals surface area contributed by atoms with Gasteiger partial charge in [-0.15, -0.1) is 0 Å². The third-order valence-electron chi connectivity index (χ3n) is 4.52. The third-order valence-corrected chi connectivity index (χ3v) is 4.52. The molecule has 2 aromatic carbocycles. The van der Waals surface area contributed by atoms with Gasteiger partial charge < -0.3 is 4.74 Å². The van der Waals surface area contributed by atoms with Crippen molar-refractivity contribution in [3.63, 3.8) is 0 Å². The number of methoxy groups -OCH3 is 1. The second-order valence-corrected chi connectivity index (χ2v) is 6.61. The highest BCUT2D eigenvalue weighted by Crippen LogP contribution is 2.30. The van der Waals surface area contributed by atoms with Gasteiger partial charge in [-0.05, 0) is 55.6 Å². The molecular formula is C21H24F3NO2. The van der Waals surface area contributed by atoms with Crippen LogP contribution < -0.4 is 0 Å². The molecule has 0 aliphatic heterocycles. The predicted molar refractivity (Wildman–Crippen MR) is 98.5 cm³/mol. The maximum absolute atomic E-state index is 12.7. The van der Waals surface area contributed by atoms with Crippen LogP contribution in [0.1, 0.15) is 29.0 Å². The Morgan fingerprint density at radius 1 is 1.07 bits per heavy atom. The standard InChI is InChI=1S/C21H24F3NO2/c1-25(15-20(26)27-2)13-12-18(17-6-4-3-5-7-17)14-16-8-10-19(11-9-16)21(22,23)24/h3-11,18H,12-15H2,1-2H3. The van der Waals surface area contributed by atoms with E-state index >= 15 is 0 Å². The summed E-state index contributed by atoms with van der Waals surface area (Å²) >= 11 is 0. The van der Waals surface area contributed by atoms with Crippen molar-refractivity contribution in [2.75, 3.05) is 27.2 Å². The number of halogens is 3. The Balaban J connectivity index is 2.08. The monoisotopic (exact) mass is 379 g/mol. The van der Waals surface area contributed by atoms with Crippen molar-refractivity contribution in [1.82, 2.24) is 4.90 Å². The zero-order valence-electron chi connectivity index (χ0n) is 15.5. The number of alkyl halides is 3. The molecule has 0 saturated heterocycles. The summed E-state index contributed by atoms with van der Waals surface area (Å²) in [5.74, 6) is -0.153. The number of ether oxygens (including phenoxy) is 1. The van der Waals surface area contributed by atoms with Gasteiger partial charge in [0, 0.05) is 0 Å². The Bertz CT molecular complexity index is 714. The Morgan fingerprint density at radius 3 is 2.26 bits per heavy atom. The summed E-state index contributed by atoms with van der Waals surface area (Å²) in [5, 5.41) is 0. The van der Waals surface area contributed by atoms with E-state index in [1.807, 2.05) is 42.3 Å². The summed E-state index contributed by atoms with van der Waals surface area (Å²) in [6.07, 6.45) is -2.92. The summed E-state index contributed by atoms with van der Waals surface area (Å²) in [5.41, 5.74) is 1.34. The molecule has 0 N–H and O–H groups in total. The fourth-order valence-electron chi connectivity index (χ4n) is 2.97. The van der Waals surface area contributed by atoms with Gasteiger partial charge in [-0.3, -0.25) is 9.69 Å². The lowest BCUT2D eigenvalue weighted by Crippen LogP contribution is -2.28. The second kappa shape index (κ2) is 9.55. The van der Waals surface area contributed by atoms with E-state index in [4.69, 9.17) is 0 Å². The van der Waals surface area contributed by atoms with Crippen LogP contribution in [0.25, 0.3) is 0 Å². The molecule has 0 aliphatic rings. The van der Waals surface area contributed by atoms with Crippen LogP contribution in [0.5, 0.6) is 0 Å². The van der Waals surface area contributed by atoms with Crippen LogP contribution in [0.4, 0.5) is 13.2 Å². The first-order chi connectivity index (χ1) is 12.8. The van der Waals surface area contributed by atoms with Crippen LogP contribution in [-0.2, 0) is 22.1 Å². The molecule has 6 heteroatoms. The summed E-state index contributed by atoms with van der Waals surface area (Å²) in [4.78, 5) is 13.3. The highest BCUT2D eigenvalue weighted by molar-refractivity contribution is 5.71. The number of hydrogen-bond donors (Lipinski definition) is 0. The molecule has 3 nitrogen and oxygen atoms in total. The zero-order chi connectivity index (χ0) is 19.9. The Hall–Kier alpha value is -2.34. The van der Waals surface area contributed by atoms with Crippen LogP contribution in [0.15, 0.2) is 54.6 Å². The summed E-state index contributed by atoms with van der Waals surface area (Å²) in [7, 11) is 3.20. The molecule has 1 atom stereocenters. The lowest BCUT2D eigenvalue weighted by Gasteiger charge is -2.22. The highest BCUT2D eigenvalue weighted by Gasteiger charge is 2.30. The summed E-state index contributed by atoms with van der Waals surface area (Å²) < 4.78 is 42.9. The van der Waals surface area contributed by atoms with Crippen LogP contribution in [0, 0.1) is 0 Å². The number of carbonyl (C=O) groups excluding carboxylic acids is 1. The van der Waals surface area contributed by atoms with E-state index in [9.17, 15) is 18.0 Å². The van der Waals surface area contributed by atoms with Gasteiger partial charge in [-0.2, -0.15) is 13.2 Å². The highest BCUT2D eigenvalue weighted by atomic mass is 19.4. The molecule has 146 valence electrons. The van der Waals surface area contributed by atoms with E-state index in [0.717, 1.165) is 29.7 Å². The van der Waals surface area contributed by atoms with Crippen molar-refractivity contribution >= 4 is 5.97 Å². The molecule has 1 unspecified atom stereocenters. The third kappa shape index (κ3) is 6.71. The van der Waals surface area contributed by atoms with Crippen LogP contribution in [0.2, 0.25) is 0 Å². The number of likely N-dealkylation sites (N-methyl/N-ethyl adjacent to an activating group) is 1. The topological polar surface area (TPSA) is 29.5 Å². The molecule has 0 bridgehead atoms. The molecule has 0 aromatic heterocycles. The number of nitrogens with zero attached hydrogens (tertiary/aromatic N) is 1. The molecule has 0 spiro atoms. The van der Waals surface area contributed by atoms with Crippen LogP contribution in [0.3, 0.4) is 0 Å². The normalized spacial score (nSPS) is 12.8. The Morgan fingerprint density at radius 2 is 1.70 bits per heavy atom. The fourth-order valence-corrected chi connectivity index (χ4v) is 2.97. The maximum Gasteiger partial charge on any atom is 0.416 e. The number of hydrogen-bond acceptors (Lipinski definition) is 3. The van der Waals surface area contributed by atoms with Gasteiger partial charge in [-0.25, -0.2) is 0 Å². The quantitative estimate of drug-likeness (QED) is 0.632. The molecule has 0 fully saturated rings. The maximum atomic E-state index is 12.7. The summed E-state index contributed by atoms with van der Waals surface area (Å²) in [6.45, 7) is 0.883. The van der Waals surface area contributed by atoms with E-state index in [2.05, 4.69) is 4.74 Å². The van der Waals surface area contributed by atoms with Crippen molar-refractivity contribution in [2.45, 2.75) is 24.9 Å². The molecule has 2 aromatic rings. The molecule has 0 heterocycles. The predicted octanol–water partition coefficient (Wildman–Crippen LogP) is 4.53. The number of rotatable bonds is 8. The average Bonchev–Trinajstić information content (AvgIpc) is 2.65. The minimum absolute atomic E-state index is 0.142.